The van der Waals surface area contributed by atoms with Gasteiger partial charge in [-0.2, -0.15) is 13.2 Å². The zero-order chi connectivity index (χ0) is 21.3. The third kappa shape index (κ3) is 3.76. The summed E-state index contributed by atoms with van der Waals surface area (Å²) in [5.41, 5.74) is 2.29. The van der Waals surface area contributed by atoms with Crippen LogP contribution in [0.2, 0.25) is 0 Å². The Morgan fingerprint density at radius 3 is 2.47 bits per heavy atom. The first-order chi connectivity index (χ1) is 14.4. The van der Waals surface area contributed by atoms with Crippen molar-refractivity contribution >= 4 is 16.9 Å². The Kier molecular flexibility index (Phi) is 4.99. The second-order valence-electron chi connectivity index (χ2n) is 6.72. The van der Waals surface area contributed by atoms with Gasteiger partial charge in [-0.25, -0.2) is 4.98 Å². The molecule has 0 bridgehead atoms. The highest BCUT2D eigenvalue weighted by Gasteiger charge is 2.32. The molecular weight excluding hydrogens is 393 g/mol. The van der Waals surface area contributed by atoms with Crippen LogP contribution in [0.15, 0.2) is 66.9 Å². The van der Waals surface area contributed by atoms with Gasteiger partial charge < -0.3 is 9.88 Å². The summed E-state index contributed by atoms with van der Waals surface area (Å²) in [4.78, 5) is 20.2. The van der Waals surface area contributed by atoms with Crippen LogP contribution in [-0.2, 0) is 12.7 Å². The van der Waals surface area contributed by atoms with Crippen molar-refractivity contribution in [1.82, 2.24) is 19.9 Å². The van der Waals surface area contributed by atoms with Crippen LogP contribution in [-0.4, -0.2) is 27.5 Å². The van der Waals surface area contributed by atoms with Gasteiger partial charge in [-0.1, -0.05) is 30.3 Å². The lowest BCUT2D eigenvalue weighted by Crippen LogP contribution is -2.17. The van der Waals surface area contributed by atoms with Crippen LogP contribution in [0.25, 0.3) is 22.4 Å². The van der Waals surface area contributed by atoms with E-state index < -0.39 is 11.9 Å². The molecule has 0 aliphatic heterocycles. The molecule has 0 aliphatic carbocycles. The Morgan fingerprint density at radius 1 is 1.07 bits per heavy atom. The van der Waals surface area contributed by atoms with Crippen molar-refractivity contribution in [2.24, 2.45) is 0 Å². The van der Waals surface area contributed by atoms with Crippen molar-refractivity contribution in [3.05, 3.63) is 83.7 Å². The van der Waals surface area contributed by atoms with Crippen molar-refractivity contribution < 1.29 is 18.0 Å². The minimum absolute atomic E-state index is 0.243. The maximum absolute atomic E-state index is 12.9. The number of benzene rings is 2. The predicted molar refractivity (Wildman–Crippen MR) is 107 cm³/mol. The summed E-state index contributed by atoms with van der Waals surface area (Å²) >= 11 is 0. The molecule has 0 saturated heterocycles. The minimum atomic E-state index is -4.51. The fraction of sp³-hybridized carbons (Fsp3) is 0.136. The van der Waals surface area contributed by atoms with Gasteiger partial charge in [-0.15, -0.1) is 0 Å². The largest absolute Gasteiger partial charge is 0.433 e. The summed E-state index contributed by atoms with van der Waals surface area (Å²) in [6.07, 6.45) is -3.34. The topological polar surface area (TPSA) is 59.8 Å². The number of carbonyl (C=O) groups excluding carboxylic acids is 1. The lowest BCUT2D eigenvalue weighted by molar-refractivity contribution is -0.141. The van der Waals surface area contributed by atoms with Crippen molar-refractivity contribution in [3.63, 3.8) is 0 Å². The molecule has 0 atom stereocenters. The normalized spacial score (nSPS) is 11.6. The first kappa shape index (κ1) is 19.6. The lowest BCUT2D eigenvalue weighted by atomic mass is 10.1. The molecule has 0 radical (unpaired) electrons. The van der Waals surface area contributed by atoms with Gasteiger partial charge in [0.1, 0.15) is 11.5 Å². The van der Waals surface area contributed by atoms with E-state index in [0.29, 0.717) is 29.0 Å². The Morgan fingerprint density at radius 2 is 1.83 bits per heavy atom. The number of halogens is 3. The number of hydrogen-bond donors (Lipinski definition) is 1. The third-order valence-corrected chi connectivity index (χ3v) is 4.73. The van der Waals surface area contributed by atoms with Gasteiger partial charge in [0, 0.05) is 30.9 Å². The van der Waals surface area contributed by atoms with Crippen molar-refractivity contribution in [1.29, 1.82) is 0 Å². The first-order valence-electron chi connectivity index (χ1n) is 9.17. The van der Waals surface area contributed by atoms with Crippen LogP contribution in [0.5, 0.6) is 0 Å². The zero-order valence-corrected chi connectivity index (χ0v) is 15.9. The quantitative estimate of drug-likeness (QED) is 0.538. The fourth-order valence-electron chi connectivity index (χ4n) is 3.26. The molecule has 8 heteroatoms. The van der Waals surface area contributed by atoms with Crippen molar-refractivity contribution in [2.45, 2.75) is 12.7 Å². The number of rotatable bonds is 4. The smallest absolute Gasteiger partial charge is 0.355 e. The van der Waals surface area contributed by atoms with Gasteiger partial charge >= 0.3 is 6.18 Å². The number of carbonyl (C=O) groups is 1. The molecule has 0 aliphatic rings. The second kappa shape index (κ2) is 7.62. The van der Waals surface area contributed by atoms with E-state index in [9.17, 15) is 18.0 Å². The van der Waals surface area contributed by atoms with Crippen LogP contribution in [0.4, 0.5) is 13.2 Å². The summed E-state index contributed by atoms with van der Waals surface area (Å²) in [7, 11) is 1.54. The lowest BCUT2D eigenvalue weighted by Gasteiger charge is -2.11. The van der Waals surface area contributed by atoms with E-state index in [1.54, 1.807) is 25.2 Å². The molecule has 2 heterocycles. The molecule has 0 spiro atoms. The molecule has 0 saturated carbocycles. The second-order valence-corrected chi connectivity index (χ2v) is 6.72. The summed E-state index contributed by atoms with van der Waals surface area (Å²) in [5.74, 6) is 0.233. The maximum atomic E-state index is 12.9. The van der Waals surface area contributed by atoms with E-state index in [4.69, 9.17) is 0 Å². The van der Waals surface area contributed by atoms with E-state index >= 15 is 0 Å². The van der Waals surface area contributed by atoms with Crippen LogP contribution < -0.4 is 5.32 Å². The maximum Gasteiger partial charge on any atom is 0.433 e. The average molecular weight is 410 g/mol. The number of imidazole rings is 1. The molecule has 30 heavy (non-hydrogen) atoms. The number of fused-ring (bicyclic) bond motifs is 1. The highest BCUT2D eigenvalue weighted by atomic mass is 19.4. The first-order valence-corrected chi connectivity index (χ1v) is 9.17. The van der Waals surface area contributed by atoms with Crippen LogP contribution in [0.1, 0.15) is 21.6 Å². The van der Waals surface area contributed by atoms with Crippen LogP contribution >= 0.6 is 0 Å². The zero-order valence-electron chi connectivity index (χ0n) is 15.9. The molecule has 4 aromatic rings. The number of pyridine rings is 1. The van der Waals surface area contributed by atoms with E-state index in [0.717, 1.165) is 17.1 Å². The van der Waals surface area contributed by atoms with Crippen LogP contribution in [0.3, 0.4) is 0 Å². The fourth-order valence-corrected chi connectivity index (χ4v) is 3.26. The molecule has 1 N–H and O–H groups in total. The molecule has 2 aromatic heterocycles. The third-order valence-electron chi connectivity index (χ3n) is 4.73. The number of hydrogen-bond acceptors (Lipinski definition) is 3. The number of amides is 1. The molecule has 5 nitrogen and oxygen atoms in total. The molecular formula is C22H17F3N4O. The molecule has 152 valence electrons. The van der Waals surface area contributed by atoms with Gasteiger partial charge in [0.05, 0.1) is 11.0 Å². The molecule has 0 fully saturated rings. The van der Waals surface area contributed by atoms with Gasteiger partial charge in [0.2, 0.25) is 0 Å². The van der Waals surface area contributed by atoms with E-state index in [-0.39, 0.29) is 5.91 Å². The highest BCUT2D eigenvalue weighted by molar-refractivity contribution is 5.97. The Labute approximate surface area is 170 Å². The van der Waals surface area contributed by atoms with Gasteiger partial charge in [0.25, 0.3) is 5.91 Å². The molecule has 0 unspecified atom stereocenters. The van der Waals surface area contributed by atoms with Crippen molar-refractivity contribution in [3.8, 4) is 11.4 Å². The Hall–Kier alpha value is -3.68. The molecule has 2 aromatic carbocycles. The van der Waals surface area contributed by atoms with E-state index in [1.165, 1.54) is 12.3 Å². The van der Waals surface area contributed by atoms with Gasteiger partial charge in [-0.3, -0.25) is 9.78 Å². The number of nitrogens with zero attached hydrogens (tertiary/aromatic N) is 3. The number of alkyl halides is 3. The number of aromatic nitrogens is 3. The summed E-state index contributed by atoms with van der Waals surface area (Å²) < 4.78 is 40.6. The van der Waals surface area contributed by atoms with Gasteiger partial charge in [0.15, 0.2) is 0 Å². The summed E-state index contributed by atoms with van der Waals surface area (Å²) in [6.45, 7) is 0.465. The SMILES string of the molecule is CNC(=O)c1ccc2c(c1)nc(-c1ccc(C(F)(F)F)nc1)n2Cc1ccccc1. The van der Waals surface area contributed by atoms with Crippen LogP contribution in [0, 0.1) is 0 Å². The van der Waals surface area contributed by atoms with E-state index in [2.05, 4.69) is 15.3 Å². The average Bonchev–Trinajstić information content (AvgIpc) is 3.11. The predicted octanol–water partition coefficient (Wildman–Crippen LogP) is 4.53. The number of nitrogens with one attached hydrogen (secondary N) is 1. The molecule has 4 rings (SSSR count). The minimum Gasteiger partial charge on any atom is -0.355 e. The van der Waals surface area contributed by atoms with E-state index in [1.807, 2.05) is 34.9 Å². The standard InChI is InChI=1S/C22H17F3N4O/c1-26-21(30)15-7-9-18-17(11-15)28-20(29(18)13-14-5-3-2-4-6-14)16-8-10-19(27-12-16)22(23,24)25/h2-12H,13H2,1H3,(H,26,30). The molecule has 1 amide bonds. The monoisotopic (exact) mass is 410 g/mol. The Bertz CT molecular complexity index is 1200. The van der Waals surface area contributed by atoms with Crippen molar-refractivity contribution in [2.75, 3.05) is 7.05 Å². The Balaban J connectivity index is 1.86. The summed E-state index contributed by atoms with van der Waals surface area (Å²) in [6, 6.07) is 17.1. The highest BCUT2D eigenvalue weighted by Crippen LogP contribution is 2.30. The summed E-state index contributed by atoms with van der Waals surface area (Å²) in [5, 5.41) is 2.57. The van der Waals surface area contributed by atoms with Gasteiger partial charge in [-0.05, 0) is 35.9 Å².